The highest BCUT2D eigenvalue weighted by atomic mass is 16.2. The summed E-state index contributed by atoms with van der Waals surface area (Å²) in [5.41, 5.74) is 11.4. The van der Waals surface area contributed by atoms with Gasteiger partial charge in [0.15, 0.2) is 5.78 Å². The molecule has 11 nitrogen and oxygen atoms in total. The topological polar surface area (TPSA) is 186 Å². The Morgan fingerprint density at radius 2 is 1.24 bits per heavy atom. The van der Waals surface area contributed by atoms with E-state index in [1.165, 1.54) is 6.92 Å². The molecule has 0 aromatic rings. The highest BCUT2D eigenvalue weighted by Crippen LogP contribution is 2.27. The summed E-state index contributed by atoms with van der Waals surface area (Å²) in [6, 6.07) is -3.32. The van der Waals surface area contributed by atoms with Crippen LogP contribution in [0.15, 0.2) is 0 Å². The molecule has 0 spiro atoms. The van der Waals surface area contributed by atoms with Crippen molar-refractivity contribution in [2.75, 3.05) is 13.1 Å². The first kappa shape index (κ1) is 37.5. The molecule has 1 aliphatic carbocycles. The molecule has 1 fully saturated rings. The van der Waals surface area contributed by atoms with Gasteiger partial charge < -0.3 is 32.7 Å². The maximum absolute atomic E-state index is 13.5. The number of carbonyl (C=O) groups excluding carboxylic acids is 5. The van der Waals surface area contributed by atoms with E-state index >= 15 is 0 Å². The van der Waals surface area contributed by atoms with Gasteiger partial charge in [0.1, 0.15) is 18.1 Å². The van der Waals surface area contributed by atoms with Gasteiger partial charge in [-0.15, -0.1) is 0 Å². The predicted molar refractivity (Wildman–Crippen MR) is 165 cm³/mol. The first-order valence-electron chi connectivity index (χ1n) is 15.9. The highest BCUT2D eigenvalue weighted by molar-refractivity contribution is 5.95. The zero-order valence-corrected chi connectivity index (χ0v) is 26.8. The second-order valence-corrected chi connectivity index (χ2v) is 12.8. The lowest BCUT2D eigenvalue weighted by Gasteiger charge is -2.30. The number of hydrogen-bond acceptors (Lipinski definition) is 7. The van der Waals surface area contributed by atoms with Crippen LogP contribution in [0.4, 0.5) is 0 Å². The molecule has 1 rings (SSSR count). The molecule has 42 heavy (non-hydrogen) atoms. The zero-order valence-electron chi connectivity index (χ0n) is 26.8. The van der Waals surface area contributed by atoms with Crippen molar-refractivity contribution in [2.24, 2.45) is 35.1 Å². The van der Waals surface area contributed by atoms with Gasteiger partial charge in [0.05, 0.1) is 6.04 Å². The zero-order chi connectivity index (χ0) is 31.8. The van der Waals surface area contributed by atoms with Crippen LogP contribution in [0.25, 0.3) is 0 Å². The third-order valence-corrected chi connectivity index (χ3v) is 8.05. The standard InChI is InChI=1S/C31H58N6O5/c1-19(2)17-25(35-28(39)21(5)11-10-15-32)30(41)34-24(14-16-33)29(40)36-26(18-23-12-8-7-9-13-23)31(42)37-27(20(3)4)22(6)38/h19-21,23-27H,7-18,32-33H2,1-6H3,(H,34,41)(H,35,39)(H,36,40)(H,37,42)/t21-,24-,25+,26-,27-/m0/s1. The van der Waals surface area contributed by atoms with E-state index in [0.29, 0.717) is 32.2 Å². The average molecular weight is 595 g/mol. The van der Waals surface area contributed by atoms with Crippen LogP contribution in [0.1, 0.15) is 106 Å². The van der Waals surface area contributed by atoms with Crippen LogP contribution in [0.2, 0.25) is 0 Å². The lowest BCUT2D eigenvalue weighted by atomic mass is 9.84. The molecule has 0 unspecified atom stereocenters. The van der Waals surface area contributed by atoms with Crippen molar-refractivity contribution in [3.8, 4) is 0 Å². The fraction of sp³-hybridized carbons (Fsp3) is 0.839. The number of carbonyl (C=O) groups is 5. The Kier molecular flexibility index (Phi) is 17.5. The van der Waals surface area contributed by atoms with Crippen LogP contribution in [-0.2, 0) is 24.0 Å². The molecule has 4 amide bonds. The van der Waals surface area contributed by atoms with E-state index in [-0.39, 0.29) is 48.3 Å². The molecule has 0 aromatic heterocycles. The van der Waals surface area contributed by atoms with Crippen molar-refractivity contribution >= 4 is 29.4 Å². The minimum Gasteiger partial charge on any atom is -0.344 e. The summed E-state index contributed by atoms with van der Waals surface area (Å²) in [7, 11) is 0. The van der Waals surface area contributed by atoms with E-state index in [4.69, 9.17) is 11.5 Å². The maximum atomic E-state index is 13.5. The molecule has 0 aromatic carbocycles. The Labute approximate surface area is 252 Å². The summed E-state index contributed by atoms with van der Waals surface area (Å²) in [4.78, 5) is 65.3. The molecule has 8 N–H and O–H groups in total. The predicted octanol–water partition coefficient (Wildman–Crippen LogP) is 1.91. The third-order valence-electron chi connectivity index (χ3n) is 8.05. The Morgan fingerprint density at radius 3 is 1.76 bits per heavy atom. The van der Waals surface area contributed by atoms with Gasteiger partial charge >= 0.3 is 0 Å². The smallest absolute Gasteiger partial charge is 0.243 e. The Bertz CT molecular complexity index is 874. The summed E-state index contributed by atoms with van der Waals surface area (Å²) < 4.78 is 0. The molecule has 0 aliphatic heterocycles. The van der Waals surface area contributed by atoms with E-state index in [9.17, 15) is 24.0 Å². The normalized spacial score (nSPS) is 17.6. The van der Waals surface area contributed by atoms with Gasteiger partial charge in [-0.2, -0.15) is 0 Å². The molecular formula is C31H58N6O5. The van der Waals surface area contributed by atoms with E-state index in [1.54, 1.807) is 6.92 Å². The molecular weight excluding hydrogens is 536 g/mol. The van der Waals surface area contributed by atoms with Crippen LogP contribution >= 0.6 is 0 Å². The van der Waals surface area contributed by atoms with E-state index in [2.05, 4.69) is 21.3 Å². The van der Waals surface area contributed by atoms with Crippen molar-refractivity contribution in [3.63, 3.8) is 0 Å². The number of amides is 4. The van der Waals surface area contributed by atoms with E-state index < -0.39 is 41.9 Å². The van der Waals surface area contributed by atoms with Gasteiger partial charge in [0.2, 0.25) is 23.6 Å². The van der Waals surface area contributed by atoms with Crippen molar-refractivity contribution in [2.45, 2.75) is 130 Å². The lowest BCUT2D eigenvalue weighted by Crippen LogP contribution is -2.59. The second-order valence-electron chi connectivity index (χ2n) is 12.8. The van der Waals surface area contributed by atoms with Crippen molar-refractivity contribution in [1.29, 1.82) is 0 Å². The summed E-state index contributed by atoms with van der Waals surface area (Å²) in [5.74, 6) is -1.79. The Balaban J connectivity index is 3.09. The molecule has 1 aliphatic rings. The summed E-state index contributed by atoms with van der Waals surface area (Å²) in [5, 5.41) is 11.3. The SMILES string of the molecule is CC(=O)[C@@H](NC(=O)[C@H](CC1CCCCC1)NC(=O)[C@H](CCN)NC(=O)[C@@H](CC(C)C)NC(=O)[C@@H](C)CCCN)C(C)C. The molecule has 1 saturated carbocycles. The summed E-state index contributed by atoms with van der Waals surface area (Å²) in [6.07, 6.45) is 7.59. The summed E-state index contributed by atoms with van der Waals surface area (Å²) >= 11 is 0. The van der Waals surface area contributed by atoms with E-state index in [0.717, 1.165) is 32.1 Å². The average Bonchev–Trinajstić information content (AvgIpc) is 2.93. The van der Waals surface area contributed by atoms with Gasteiger partial charge in [-0.3, -0.25) is 24.0 Å². The van der Waals surface area contributed by atoms with Crippen molar-refractivity contribution in [3.05, 3.63) is 0 Å². The Hall–Kier alpha value is -2.53. The van der Waals surface area contributed by atoms with Crippen molar-refractivity contribution in [1.82, 2.24) is 21.3 Å². The van der Waals surface area contributed by atoms with Gasteiger partial charge in [-0.1, -0.05) is 66.7 Å². The van der Waals surface area contributed by atoms with Crippen LogP contribution in [-0.4, -0.2) is 66.7 Å². The molecule has 0 saturated heterocycles. The van der Waals surface area contributed by atoms with Crippen LogP contribution in [0.5, 0.6) is 0 Å². The van der Waals surface area contributed by atoms with Crippen LogP contribution in [0, 0.1) is 23.7 Å². The first-order valence-corrected chi connectivity index (χ1v) is 15.9. The number of nitrogens with one attached hydrogen (secondary N) is 4. The molecule has 0 radical (unpaired) electrons. The van der Waals surface area contributed by atoms with Gasteiger partial charge in [0.25, 0.3) is 0 Å². The fourth-order valence-electron chi connectivity index (χ4n) is 5.53. The minimum absolute atomic E-state index is 0.104. The molecule has 11 heteroatoms. The largest absolute Gasteiger partial charge is 0.344 e. The number of rotatable bonds is 19. The molecule has 242 valence electrons. The Morgan fingerprint density at radius 1 is 0.690 bits per heavy atom. The first-order chi connectivity index (χ1) is 19.8. The fourth-order valence-corrected chi connectivity index (χ4v) is 5.53. The van der Waals surface area contributed by atoms with Gasteiger partial charge in [0, 0.05) is 5.92 Å². The second kappa shape index (κ2) is 19.6. The monoisotopic (exact) mass is 594 g/mol. The van der Waals surface area contributed by atoms with Crippen LogP contribution < -0.4 is 32.7 Å². The van der Waals surface area contributed by atoms with Gasteiger partial charge in [-0.05, 0) is 69.9 Å². The number of Topliss-reactive ketones (excluding diaryl/α,β-unsaturated/α-hetero) is 1. The lowest BCUT2D eigenvalue weighted by molar-refractivity contribution is -0.135. The molecule has 0 bridgehead atoms. The van der Waals surface area contributed by atoms with Crippen LogP contribution in [0.3, 0.4) is 0 Å². The highest BCUT2D eigenvalue weighted by Gasteiger charge is 2.33. The molecule has 5 atom stereocenters. The number of hydrogen-bond donors (Lipinski definition) is 6. The van der Waals surface area contributed by atoms with Gasteiger partial charge in [-0.25, -0.2) is 0 Å². The summed E-state index contributed by atoms with van der Waals surface area (Å²) in [6.45, 7) is 11.5. The quantitative estimate of drug-likeness (QED) is 0.132. The third kappa shape index (κ3) is 13.6. The molecule has 0 heterocycles. The van der Waals surface area contributed by atoms with E-state index in [1.807, 2.05) is 27.7 Å². The minimum atomic E-state index is -0.987. The maximum Gasteiger partial charge on any atom is 0.243 e. The number of ketones is 1. The van der Waals surface area contributed by atoms with Crippen molar-refractivity contribution < 1.29 is 24.0 Å². The number of nitrogens with two attached hydrogens (primary N) is 2.